The van der Waals surface area contributed by atoms with Gasteiger partial charge in [-0.3, -0.25) is 0 Å². The number of aryl methyl sites for hydroxylation is 1. The summed E-state index contributed by atoms with van der Waals surface area (Å²) in [5.74, 6) is -0.785. The summed E-state index contributed by atoms with van der Waals surface area (Å²) in [4.78, 5) is 4.35. The largest absolute Gasteiger partial charge is 0.471 e. The Balaban J connectivity index is 2.10. The lowest BCUT2D eigenvalue weighted by Gasteiger charge is -2.28. The number of rotatable bonds is 2. The highest BCUT2D eigenvalue weighted by molar-refractivity contribution is 5.70. The molecule has 1 aromatic heterocycles. The zero-order valence-corrected chi connectivity index (χ0v) is 12.4. The molecule has 0 spiro atoms. The lowest BCUT2D eigenvalue weighted by molar-refractivity contribution is 0.0324. The van der Waals surface area contributed by atoms with Crippen LogP contribution in [-0.2, 0) is 6.42 Å². The fraction of sp³-hybridized carbons (Fsp3) is 0.353. The van der Waals surface area contributed by atoms with Gasteiger partial charge in [0.1, 0.15) is 17.7 Å². The smallest absolute Gasteiger partial charge is 0.217 e. The molecule has 2 aromatic rings. The minimum absolute atomic E-state index is 0.312. The van der Waals surface area contributed by atoms with E-state index in [1.54, 1.807) is 19.9 Å². The van der Waals surface area contributed by atoms with Crippen LogP contribution in [0, 0.1) is 18.6 Å². The number of fused-ring (bicyclic) bond motifs is 1. The number of ether oxygens (including phenoxy) is 1. The van der Waals surface area contributed by atoms with Crippen LogP contribution in [0.25, 0.3) is 11.1 Å². The van der Waals surface area contributed by atoms with Gasteiger partial charge in [0.2, 0.25) is 5.88 Å². The summed E-state index contributed by atoms with van der Waals surface area (Å²) in [6.45, 7) is 3.46. The summed E-state index contributed by atoms with van der Waals surface area (Å²) in [5, 5.41) is 9.68. The summed E-state index contributed by atoms with van der Waals surface area (Å²) in [7, 11) is 0. The highest BCUT2D eigenvalue weighted by Gasteiger charge is 2.27. The fourth-order valence-corrected chi connectivity index (χ4v) is 2.79. The van der Waals surface area contributed by atoms with Crippen molar-refractivity contribution in [2.24, 2.45) is 0 Å². The van der Waals surface area contributed by atoms with Gasteiger partial charge in [-0.25, -0.2) is 13.8 Å². The lowest BCUT2D eigenvalue weighted by atomic mass is 9.93. The van der Waals surface area contributed by atoms with Gasteiger partial charge in [-0.15, -0.1) is 0 Å². The molecule has 5 heteroatoms. The molecule has 0 bridgehead atoms. The second-order valence-corrected chi connectivity index (χ2v) is 5.65. The van der Waals surface area contributed by atoms with Crippen LogP contribution in [0.4, 0.5) is 8.78 Å². The van der Waals surface area contributed by atoms with Crippen molar-refractivity contribution in [2.45, 2.75) is 38.9 Å². The zero-order chi connectivity index (χ0) is 15.9. The van der Waals surface area contributed by atoms with Crippen LogP contribution in [0.3, 0.4) is 0 Å². The Morgan fingerprint density at radius 3 is 2.73 bits per heavy atom. The Labute approximate surface area is 127 Å². The van der Waals surface area contributed by atoms with Gasteiger partial charge < -0.3 is 9.84 Å². The maximum absolute atomic E-state index is 14.1. The van der Waals surface area contributed by atoms with Crippen LogP contribution in [0.5, 0.6) is 5.88 Å². The number of hydrogen-bond acceptors (Lipinski definition) is 3. The lowest BCUT2D eigenvalue weighted by Crippen LogP contribution is -2.33. The number of nitrogens with zero attached hydrogens (tertiary/aromatic N) is 1. The molecule has 0 saturated heterocycles. The number of hydrogen-bond donors (Lipinski definition) is 1. The van der Waals surface area contributed by atoms with Crippen molar-refractivity contribution in [1.29, 1.82) is 0 Å². The third-order valence-electron chi connectivity index (χ3n) is 3.92. The molecule has 2 atom stereocenters. The number of benzene rings is 1. The van der Waals surface area contributed by atoms with Gasteiger partial charge in [-0.1, -0.05) is 0 Å². The highest BCUT2D eigenvalue weighted by Crippen LogP contribution is 2.36. The van der Waals surface area contributed by atoms with E-state index in [-0.39, 0.29) is 6.10 Å². The summed E-state index contributed by atoms with van der Waals surface area (Å²) >= 11 is 0. The molecule has 1 aliphatic heterocycles. The molecule has 116 valence electrons. The number of aliphatic hydroxyl groups is 1. The van der Waals surface area contributed by atoms with Gasteiger partial charge in [0.25, 0.3) is 0 Å². The third-order valence-corrected chi connectivity index (χ3v) is 3.92. The van der Waals surface area contributed by atoms with Crippen LogP contribution in [0.2, 0.25) is 0 Å². The minimum atomic E-state index is -0.606. The first kappa shape index (κ1) is 14.9. The molecule has 0 radical (unpaired) electrons. The van der Waals surface area contributed by atoms with Gasteiger partial charge in [0.05, 0.1) is 6.10 Å². The molecule has 3 rings (SSSR count). The number of halogens is 2. The standard InChI is InChI=1S/C17H17F2NO2/c1-9-7-14(12-4-3-11(18)8-15(12)19)13-5-6-16(10(2)21)22-17(13)20-9/h3-4,7-8,10,16,21H,5-6H2,1-2H3. The van der Waals surface area contributed by atoms with Crippen LogP contribution >= 0.6 is 0 Å². The van der Waals surface area contributed by atoms with E-state index in [1.807, 2.05) is 0 Å². The fourth-order valence-electron chi connectivity index (χ4n) is 2.79. The molecule has 0 aliphatic carbocycles. The summed E-state index contributed by atoms with van der Waals surface area (Å²) in [6, 6.07) is 5.32. The SMILES string of the molecule is Cc1cc(-c2ccc(F)cc2F)c2c(n1)OC(C(C)O)CC2. The highest BCUT2D eigenvalue weighted by atomic mass is 19.1. The average molecular weight is 305 g/mol. The van der Waals surface area contributed by atoms with E-state index in [9.17, 15) is 13.9 Å². The maximum atomic E-state index is 14.1. The number of aromatic nitrogens is 1. The van der Waals surface area contributed by atoms with E-state index in [0.717, 1.165) is 11.6 Å². The van der Waals surface area contributed by atoms with Crippen molar-refractivity contribution in [3.63, 3.8) is 0 Å². The van der Waals surface area contributed by atoms with Gasteiger partial charge in [-0.05, 0) is 50.5 Å². The summed E-state index contributed by atoms with van der Waals surface area (Å²) in [6.07, 6.45) is 0.351. The van der Waals surface area contributed by atoms with Gasteiger partial charge in [0, 0.05) is 22.9 Å². The van der Waals surface area contributed by atoms with E-state index in [1.165, 1.54) is 12.1 Å². The van der Waals surface area contributed by atoms with Crippen molar-refractivity contribution < 1.29 is 18.6 Å². The second-order valence-electron chi connectivity index (χ2n) is 5.65. The first-order valence-electron chi connectivity index (χ1n) is 7.26. The first-order chi connectivity index (χ1) is 10.5. The van der Waals surface area contributed by atoms with Gasteiger partial charge in [0.15, 0.2) is 0 Å². The van der Waals surface area contributed by atoms with Gasteiger partial charge >= 0.3 is 0 Å². The third kappa shape index (κ3) is 2.68. The van der Waals surface area contributed by atoms with E-state index >= 15 is 0 Å². The quantitative estimate of drug-likeness (QED) is 0.924. The molecule has 0 amide bonds. The van der Waals surface area contributed by atoms with Crippen LogP contribution in [0.15, 0.2) is 24.3 Å². The van der Waals surface area contributed by atoms with E-state index in [4.69, 9.17) is 4.74 Å². The zero-order valence-electron chi connectivity index (χ0n) is 12.4. The molecule has 0 saturated carbocycles. The topological polar surface area (TPSA) is 42.4 Å². The predicted molar refractivity (Wildman–Crippen MR) is 78.7 cm³/mol. The molecule has 1 aromatic carbocycles. The van der Waals surface area contributed by atoms with Crippen LogP contribution in [-0.4, -0.2) is 22.3 Å². The Morgan fingerprint density at radius 1 is 1.27 bits per heavy atom. The molecule has 1 N–H and O–H groups in total. The van der Waals surface area contributed by atoms with E-state index in [0.29, 0.717) is 35.5 Å². The van der Waals surface area contributed by atoms with E-state index < -0.39 is 17.7 Å². The van der Waals surface area contributed by atoms with Crippen molar-refractivity contribution in [3.05, 3.63) is 47.2 Å². The molecule has 1 aliphatic rings. The molecule has 2 unspecified atom stereocenters. The van der Waals surface area contributed by atoms with Crippen LogP contribution < -0.4 is 4.74 Å². The summed E-state index contributed by atoms with van der Waals surface area (Å²) in [5.41, 5.74) is 2.49. The van der Waals surface area contributed by atoms with Crippen molar-refractivity contribution in [3.8, 4) is 17.0 Å². The Hall–Kier alpha value is -2.01. The molecule has 3 nitrogen and oxygen atoms in total. The number of pyridine rings is 1. The Bertz CT molecular complexity index is 716. The van der Waals surface area contributed by atoms with Gasteiger partial charge in [-0.2, -0.15) is 0 Å². The average Bonchev–Trinajstić information content (AvgIpc) is 2.45. The Kier molecular flexibility index (Phi) is 3.83. The molecule has 2 heterocycles. The normalized spacial score (nSPS) is 18.5. The van der Waals surface area contributed by atoms with E-state index in [2.05, 4.69) is 4.98 Å². The van der Waals surface area contributed by atoms with Crippen molar-refractivity contribution >= 4 is 0 Å². The second kappa shape index (κ2) is 5.65. The Morgan fingerprint density at radius 2 is 2.05 bits per heavy atom. The minimum Gasteiger partial charge on any atom is -0.471 e. The molecule has 0 fully saturated rings. The predicted octanol–water partition coefficient (Wildman–Crippen LogP) is 3.41. The number of aliphatic hydroxyl groups excluding tert-OH is 1. The molecule has 22 heavy (non-hydrogen) atoms. The van der Waals surface area contributed by atoms with Crippen molar-refractivity contribution in [2.75, 3.05) is 0 Å². The molecular weight excluding hydrogens is 288 g/mol. The van der Waals surface area contributed by atoms with Crippen molar-refractivity contribution in [1.82, 2.24) is 4.98 Å². The maximum Gasteiger partial charge on any atom is 0.217 e. The first-order valence-corrected chi connectivity index (χ1v) is 7.26. The monoisotopic (exact) mass is 305 g/mol. The van der Waals surface area contributed by atoms with Crippen LogP contribution in [0.1, 0.15) is 24.6 Å². The summed E-state index contributed by atoms with van der Waals surface area (Å²) < 4.78 is 33.0. The molecular formula is C17H17F2NO2.